The van der Waals surface area contributed by atoms with Gasteiger partial charge in [0.05, 0.1) is 29.7 Å². The van der Waals surface area contributed by atoms with Crippen molar-refractivity contribution >= 4 is 58.3 Å². The highest BCUT2D eigenvalue weighted by atomic mass is 35.5. The van der Waals surface area contributed by atoms with E-state index in [4.69, 9.17) is 27.6 Å². The van der Waals surface area contributed by atoms with Gasteiger partial charge in [0.25, 0.3) is 11.8 Å². The summed E-state index contributed by atoms with van der Waals surface area (Å²) in [6.07, 6.45) is -6.22. The summed E-state index contributed by atoms with van der Waals surface area (Å²) in [6, 6.07) is 14.1. The summed E-state index contributed by atoms with van der Waals surface area (Å²) in [5.74, 6) is -6.33. The average molecular weight is 1010 g/mol. The molecule has 0 spiro atoms. The third-order valence-electron chi connectivity index (χ3n) is 11.0. The highest BCUT2D eigenvalue weighted by Gasteiger charge is 2.29. The van der Waals surface area contributed by atoms with Crippen LogP contribution < -0.4 is 15.1 Å². The van der Waals surface area contributed by atoms with E-state index < -0.39 is 66.3 Å². The number of Topliss-reactive ketones (excluding diaryl/α,β-unsaturated/α-hetero) is 1. The number of rotatable bonds is 12. The molecule has 4 aromatic carbocycles. The Balaban J connectivity index is 0.000000227. The first-order valence-electron chi connectivity index (χ1n) is 21.0. The van der Waals surface area contributed by atoms with E-state index in [1.807, 2.05) is 14.1 Å². The van der Waals surface area contributed by atoms with Crippen LogP contribution in [0.5, 0.6) is 0 Å². The molecule has 5 amide bonds. The van der Waals surface area contributed by atoms with Gasteiger partial charge in [0.15, 0.2) is 5.78 Å². The molecular weight excluding hydrogens is 969 g/mol. The van der Waals surface area contributed by atoms with Gasteiger partial charge in [-0.15, -0.1) is 10.2 Å². The number of alkyl halides is 4. The number of halogens is 10. The fourth-order valence-electron chi connectivity index (χ4n) is 6.97. The van der Waals surface area contributed by atoms with Gasteiger partial charge in [-0.3, -0.25) is 19.4 Å². The van der Waals surface area contributed by atoms with Crippen molar-refractivity contribution in [1.29, 1.82) is 0 Å². The first kappa shape index (κ1) is 52.0. The Bertz CT molecular complexity index is 2650. The van der Waals surface area contributed by atoms with Crippen molar-refractivity contribution in [1.82, 2.24) is 35.1 Å². The van der Waals surface area contributed by atoms with Crippen molar-refractivity contribution in [2.45, 2.75) is 25.9 Å². The van der Waals surface area contributed by atoms with E-state index in [0.717, 1.165) is 24.3 Å². The number of benzene rings is 4. The quantitative estimate of drug-likeness (QED) is 0.0963. The summed E-state index contributed by atoms with van der Waals surface area (Å²) in [5, 5.41) is 8.14. The van der Waals surface area contributed by atoms with Crippen LogP contribution in [0.25, 0.3) is 11.5 Å². The summed E-state index contributed by atoms with van der Waals surface area (Å²) >= 11 is 11.8. The number of anilines is 2. The second kappa shape index (κ2) is 23.3. The molecular formula is C45H43Cl2F8N9O5. The fourth-order valence-corrected chi connectivity index (χ4v) is 7.32. The molecule has 3 heterocycles. The summed E-state index contributed by atoms with van der Waals surface area (Å²) in [6.45, 7) is 3.37. The Morgan fingerprint density at radius 2 is 1.12 bits per heavy atom. The first-order chi connectivity index (χ1) is 32.8. The number of nitrogens with zero attached hydrogens (tertiary/aromatic N) is 8. The standard InChI is InChI=1S/C23H23ClF4N4O3.C22H20ClF4N5O2/c1-30-6-8-31(9-7-30)23(35)32(16-4-5-18(25)17(24)11-16)13-15-3-2-14(10-19(15)26)20(33)12-29-22(34)21(27)28;1-30-6-8-31(9-7-30)22(33)32(15-4-5-17(24)16(23)11-15)12-14-3-2-13(10-18(14)25)20-28-29-21(34-20)19(26)27/h2-5,10-11,21H,6-9,12-13H2,1H3,(H,29,34);2-5,10-11,19H,6-9,12H2,1H3. The Kier molecular flexibility index (Phi) is 17.6. The molecule has 24 heteroatoms. The van der Waals surface area contributed by atoms with E-state index in [-0.39, 0.29) is 63.0 Å². The van der Waals surface area contributed by atoms with E-state index >= 15 is 0 Å². The van der Waals surface area contributed by atoms with Gasteiger partial charge in [0.1, 0.15) is 23.3 Å². The van der Waals surface area contributed by atoms with Gasteiger partial charge in [-0.25, -0.2) is 27.2 Å². The maximum atomic E-state index is 15.0. The lowest BCUT2D eigenvalue weighted by atomic mass is 10.1. The van der Waals surface area contributed by atoms with Crippen LogP contribution in [-0.4, -0.2) is 133 Å². The van der Waals surface area contributed by atoms with E-state index in [2.05, 4.69) is 20.0 Å². The van der Waals surface area contributed by atoms with Crippen molar-refractivity contribution < 1.29 is 58.7 Å². The molecule has 0 saturated carbocycles. The Morgan fingerprint density at radius 3 is 1.54 bits per heavy atom. The number of carbonyl (C=O) groups excluding carboxylic acids is 4. The van der Waals surface area contributed by atoms with Crippen LogP contribution in [0.1, 0.15) is 33.8 Å². The number of aromatic nitrogens is 2. The molecule has 0 bridgehead atoms. The number of amides is 5. The molecule has 5 aromatic rings. The predicted molar refractivity (Wildman–Crippen MR) is 239 cm³/mol. The second-order valence-electron chi connectivity index (χ2n) is 15.8. The van der Waals surface area contributed by atoms with Crippen molar-refractivity contribution in [2.75, 3.05) is 82.8 Å². The van der Waals surface area contributed by atoms with E-state index in [0.29, 0.717) is 58.0 Å². The third kappa shape index (κ3) is 13.5. The lowest BCUT2D eigenvalue weighted by molar-refractivity contribution is -0.131. The normalized spacial score (nSPS) is 14.4. The largest absolute Gasteiger partial charge is 0.415 e. The molecule has 1 aromatic heterocycles. The Morgan fingerprint density at radius 1 is 0.638 bits per heavy atom. The van der Waals surface area contributed by atoms with Gasteiger partial charge in [-0.2, -0.15) is 17.6 Å². The maximum absolute atomic E-state index is 15.0. The third-order valence-corrected chi connectivity index (χ3v) is 11.6. The molecule has 2 fully saturated rings. The zero-order chi connectivity index (χ0) is 50.1. The maximum Gasteiger partial charge on any atom is 0.324 e. The van der Waals surface area contributed by atoms with Crippen molar-refractivity contribution in [3.05, 3.63) is 129 Å². The zero-order valence-electron chi connectivity index (χ0n) is 36.8. The number of carbonyl (C=O) groups is 4. The molecule has 0 radical (unpaired) electrons. The van der Waals surface area contributed by atoms with Crippen LogP contribution in [0.4, 0.5) is 56.1 Å². The van der Waals surface area contributed by atoms with Crippen LogP contribution in [0.2, 0.25) is 10.0 Å². The van der Waals surface area contributed by atoms with Crippen molar-refractivity contribution in [3.8, 4) is 11.5 Å². The smallest absolute Gasteiger partial charge is 0.324 e. The molecule has 2 saturated heterocycles. The Hall–Kier alpha value is -6.36. The zero-order valence-corrected chi connectivity index (χ0v) is 38.3. The monoisotopic (exact) mass is 1010 g/mol. The molecule has 0 atom stereocenters. The van der Waals surface area contributed by atoms with Crippen LogP contribution >= 0.6 is 23.2 Å². The SMILES string of the molecule is CN1CCN(C(=O)N(Cc2ccc(-c3nnc(C(F)F)o3)cc2F)c2ccc(F)c(Cl)c2)CC1.CN1CCN(C(=O)N(Cc2ccc(C(=O)CNC(=O)C(F)F)cc2F)c2ccc(F)c(Cl)c2)CC1. The van der Waals surface area contributed by atoms with Gasteiger partial charge in [0, 0.05) is 86.0 Å². The number of nitrogens with one attached hydrogen (secondary N) is 1. The Labute approximate surface area is 399 Å². The molecule has 7 rings (SSSR count). The number of urea groups is 2. The number of likely N-dealkylation sites (N-methyl/N-ethyl adjacent to an activating group) is 2. The number of ketones is 1. The van der Waals surface area contributed by atoms with Crippen LogP contribution in [-0.2, 0) is 17.9 Å². The molecule has 14 nitrogen and oxygen atoms in total. The molecule has 368 valence electrons. The van der Waals surface area contributed by atoms with E-state index in [1.54, 1.807) is 15.1 Å². The van der Waals surface area contributed by atoms with Gasteiger partial charge >= 0.3 is 24.9 Å². The topological polar surface area (TPSA) is 139 Å². The average Bonchev–Trinajstić information content (AvgIpc) is 3.83. The lowest BCUT2D eigenvalue weighted by Crippen LogP contribution is -2.52. The predicted octanol–water partition coefficient (Wildman–Crippen LogP) is 8.54. The number of hydrogen-bond donors (Lipinski definition) is 1. The second-order valence-corrected chi connectivity index (χ2v) is 16.6. The van der Waals surface area contributed by atoms with E-state index in [9.17, 15) is 54.3 Å². The van der Waals surface area contributed by atoms with Crippen LogP contribution in [0, 0.1) is 23.3 Å². The number of hydrogen-bond acceptors (Lipinski definition) is 9. The first-order valence-corrected chi connectivity index (χ1v) is 21.7. The molecule has 0 unspecified atom stereocenters. The fraction of sp³-hybridized carbons (Fsp3) is 0.333. The van der Waals surface area contributed by atoms with Crippen LogP contribution in [0.3, 0.4) is 0 Å². The van der Waals surface area contributed by atoms with Gasteiger partial charge in [0.2, 0.25) is 5.89 Å². The van der Waals surface area contributed by atoms with Gasteiger partial charge in [-0.1, -0.05) is 41.4 Å². The summed E-state index contributed by atoms with van der Waals surface area (Å²) < 4.78 is 112. The minimum Gasteiger partial charge on any atom is -0.415 e. The molecule has 69 heavy (non-hydrogen) atoms. The summed E-state index contributed by atoms with van der Waals surface area (Å²) in [4.78, 5) is 59.7. The van der Waals surface area contributed by atoms with Crippen LogP contribution in [0.15, 0.2) is 77.2 Å². The molecule has 2 aliphatic rings. The summed E-state index contributed by atoms with van der Waals surface area (Å²) in [5.41, 5.74) is 0.734. The van der Waals surface area contributed by atoms with E-state index in [1.165, 1.54) is 58.3 Å². The molecule has 0 aliphatic carbocycles. The van der Waals surface area contributed by atoms with Gasteiger partial charge in [-0.05, 0) is 68.7 Å². The van der Waals surface area contributed by atoms with Gasteiger partial charge < -0.3 is 29.3 Å². The highest BCUT2D eigenvalue weighted by molar-refractivity contribution is 6.31. The van der Waals surface area contributed by atoms with Crippen molar-refractivity contribution in [3.63, 3.8) is 0 Å². The number of piperazine rings is 2. The lowest BCUT2D eigenvalue weighted by Gasteiger charge is -2.36. The minimum absolute atomic E-state index is 0.0566. The minimum atomic E-state index is -3.27. The highest BCUT2D eigenvalue weighted by Crippen LogP contribution is 2.30. The molecule has 2 aliphatic heterocycles. The van der Waals surface area contributed by atoms with Crippen molar-refractivity contribution in [2.24, 2.45) is 0 Å². The molecule has 1 N–H and O–H groups in total. The summed E-state index contributed by atoms with van der Waals surface area (Å²) in [7, 11) is 3.88.